The maximum Gasteiger partial charge on any atom is 0.275 e. The van der Waals surface area contributed by atoms with Crippen molar-refractivity contribution in [3.05, 3.63) is 70.7 Å². The molecule has 0 spiro atoms. The fraction of sp³-hybridized carbons (Fsp3) is 0.391. The van der Waals surface area contributed by atoms with Gasteiger partial charge in [0.2, 0.25) is 0 Å². The van der Waals surface area contributed by atoms with Gasteiger partial charge in [0.1, 0.15) is 32.7 Å². The number of hydrogen-bond acceptors (Lipinski definition) is 2. The molecular weight excluding hydrogens is 386 g/mol. The van der Waals surface area contributed by atoms with Gasteiger partial charge in [-0.05, 0) is 31.0 Å². The molecule has 3 N–H and O–H groups in total. The van der Waals surface area contributed by atoms with Gasteiger partial charge in [0, 0.05) is 10.6 Å². The molecule has 6 heteroatoms. The van der Waals surface area contributed by atoms with Crippen LogP contribution < -0.4 is 15.1 Å². The van der Waals surface area contributed by atoms with E-state index in [9.17, 15) is 9.59 Å². The Morgan fingerprint density at radius 2 is 1.55 bits per heavy atom. The highest BCUT2D eigenvalue weighted by molar-refractivity contribution is 6.30. The molecule has 0 radical (unpaired) electrons. The van der Waals surface area contributed by atoms with Crippen LogP contribution in [0.2, 0.25) is 5.02 Å². The highest BCUT2D eigenvalue weighted by Crippen LogP contribution is 2.08. The van der Waals surface area contributed by atoms with E-state index in [1.54, 1.807) is 6.92 Å². The van der Waals surface area contributed by atoms with E-state index in [2.05, 4.69) is 17.4 Å². The summed E-state index contributed by atoms with van der Waals surface area (Å²) in [6.07, 6.45) is 0.538. The van der Waals surface area contributed by atoms with Crippen molar-refractivity contribution >= 4 is 23.3 Å². The first kappa shape index (κ1) is 21.5. The number of carbonyl (C=O) groups excluding carboxylic acids is 2. The van der Waals surface area contributed by atoms with Crippen molar-refractivity contribution in [3.63, 3.8) is 0 Å². The van der Waals surface area contributed by atoms with Crippen molar-refractivity contribution < 1.29 is 19.4 Å². The van der Waals surface area contributed by atoms with Crippen molar-refractivity contribution in [2.24, 2.45) is 0 Å². The Labute approximate surface area is 177 Å². The molecule has 2 aromatic rings. The molecule has 29 heavy (non-hydrogen) atoms. The topological polar surface area (TPSA) is 55.0 Å². The third kappa shape index (κ3) is 6.96. The zero-order chi connectivity index (χ0) is 20.6. The lowest BCUT2D eigenvalue weighted by molar-refractivity contribution is -1.02. The minimum absolute atomic E-state index is 0.00516. The lowest BCUT2D eigenvalue weighted by atomic mass is 10.0. The number of piperazine rings is 1. The number of benzene rings is 2. The summed E-state index contributed by atoms with van der Waals surface area (Å²) in [5, 5.41) is 3.70. The second kappa shape index (κ2) is 10.5. The monoisotopic (exact) mass is 415 g/mol. The van der Waals surface area contributed by atoms with Crippen LogP contribution in [0.4, 0.5) is 0 Å². The predicted molar refractivity (Wildman–Crippen MR) is 114 cm³/mol. The van der Waals surface area contributed by atoms with Crippen LogP contribution in [0.25, 0.3) is 0 Å². The number of halogens is 1. The Morgan fingerprint density at radius 3 is 2.17 bits per heavy atom. The average Bonchev–Trinajstić information content (AvgIpc) is 2.71. The van der Waals surface area contributed by atoms with Crippen LogP contribution in [0.3, 0.4) is 0 Å². The number of Topliss-reactive ketones (excluding diaryl/α,β-unsaturated/α-hetero) is 1. The number of nitrogens with one attached hydrogen (secondary N) is 3. The molecule has 5 nitrogen and oxygen atoms in total. The highest BCUT2D eigenvalue weighted by atomic mass is 35.5. The quantitative estimate of drug-likeness (QED) is 0.566. The van der Waals surface area contributed by atoms with Crippen molar-refractivity contribution in [1.82, 2.24) is 5.32 Å². The summed E-state index contributed by atoms with van der Waals surface area (Å²) < 4.78 is 0. The van der Waals surface area contributed by atoms with Gasteiger partial charge in [-0.3, -0.25) is 9.59 Å². The normalized spacial score (nSPS) is 20.1. The SMILES string of the molecule is CC(=O)[C@H](Cc1ccccc1)NC(=O)C[NH+]1CC[NH+](Cc2ccc(Cl)cc2)CC1. The third-order valence-electron chi connectivity index (χ3n) is 5.55. The summed E-state index contributed by atoms with van der Waals surface area (Å²) >= 11 is 5.95. The second-order valence-corrected chi connectivity index (χ2v) is 8.34. The average molecular weight is 416 g/mol. The molecular formula is C23H30ClN3O2+2. The molecule has 2 aromatic carbocycles. The molecule has 1 saturated heterocycles. The van der Waals surface area contributed by atoms with Gasteiger partial charge in [0.15, 0.2) is 12.3 Å². The van der Waals surface area contributed by atoms with Gasteiger partial charge in [-0.2, -0.15) is 0 Å². The lowest BCUT2D eigenvalue weighted by Crippen LogP contribution is -3.28. The lowest BCUT2D eigenvalue weighted by Gasteiger charge is -2.29. The number of hydrogen-bond donors (Lipinski definition) is 3. The number of quaternary nitrogens is 2. The molecule has 0 unspecified atom stereocenters. The summed E-state index contributed by atoms with van der Waals surface area (Å²) in [6.45, 7) is 6.93. The summed E-state index contributed by atoms with van der Waals surface area (Å²) in [5.41, 5.74) is 2.34. The number of amides is 1. The van der Waals surface area contributed by atoms with Gasteiger partial charge in [0.05, 0.1) is 6.04 Å². The molecule has 1 heterocycles. The molecule has 1 amide bonds. The molecule has 0 aliphatic carbocycles. The Kier molecular flexibility index (Phi) is 7.81. The largest absolute Gasteiger partial charge is 0.341 e. The van der Waals surface area contributed by atoms with Crippen LogP contribution in [0.1, 0.15) is 18.1 Å². The molecule has 0 aromatic heterocycles. The van der Waals surface area contributed by atoms with E-state index in [0.717, 1.165) is 43.3 Å². The molecule has 0 saturated carbocycles. The maximum atomic E-state index is 12.5. The fourth-order valence-electron chi connectivity index (χ4n) is 3.82. The molecule has 3 rings (SSSR count). The van der Waals surface area contributed by atoms with E-state index in [-0.39, 0.29) is 11.7 Å². The standard InChI is InChI=1S/C23H28ClN3O2/c1-18(28)22(15-19-5-3-2-4-6-19)25-23(29)17-27-13-11-26(12-14-27)16-20-7-9-21(24)10-8-20/h2-10,22H,11-17H2,1H3,(H,25,29)/p+2/t22-/m0/s1. The Bertz CT molecular complexity index is 803. The molecule has 0 bridgehead atoms. The maximum absolute atomic E-state index is 12.5. The molecule has 1 atom stereocenters. The fourth-order valence-corrected chi connectivity index (χ4v) is 3.95. The van der Waals surface area contributed by atoms with E-state index in [4.69, 9.17) is 11.6 Å². The predicted octanol–water partition coefficient (Wildman–Crippen LogP) is -0.0601. The zero-order valence-electron chi connectivity index (χ0n) is 16.9. The van der Waals surface area contributed by atoms with Gasteiger partial charge >= 0.3 is 0 Å². The smallest absolute Gasteiger partial charge is 0.275 e. The summed E-state index contributed by atoms with van der Waals surface area (Å²) in [7, 11) is 0. The van der Waals surface area contributed by atoms with Gasteiger partial charge in [-0.1, -0.05) is 54.1 Å². The van der Waals surface area contributed by atoms with E-state index in [1.165, 1.54) is 15.4 Å². The first-order chi connectivity index (χ1) is 14.0. The van der Waals surface area contributed by atoms with Crippen molar-refractivity contribution in [2.75, 3.05) is 32.7 Å². The number of ketones is 1. The van der Waals surface area contributed by atoms with Gasteiger partial charge in [0.25, 0.3) is 5.91 Å². The van der Waals surface area contributed by atoms with Crippen LogP contribution in [-0.2, 0) is 22.6 Å². The van der Waals surface area contributed by atoms with Crippen LogP contribution in [0.15, 0.2) is 54.6 Å². The first-order valence-corrected chi connectivity index (χ1v) is 10.6. The summed E-state index contributed by atoms with van der Waals surface area (Å²) in [5.74, 6) is -0.0493. The molecule has 1 fully saturated rings. The Balaban J connectivity index is 1.43. The number of rotatable bonds is 8. The first-order valence-electron chi connectivity index (χ1n) is 10.2. The second-order valence-electron chi connectivity index (χ2n) is 7.90. The van der Waals surface area contributed by atoms with Crippen LogP contribution in [-0.4, -0.2) is 50.5 Å². The van der Waals surface area contributed by atoms with Crippen LogP contribution >= 0.6 is 11.6 Å². The van der Waals surface area contributed by atoms with Crippen molar-refractivity contribution in [2.45, 2.75) is 25.9 Å². The van der Waals surface area contributed by atoms with Crippen LogP contribution in [0.5, 0.6) is 0 Å². The van der Waals surface area contributed by atoms with E-state index >= 15 is 0 Å². The zero-order valence-corrected chi connectivity index (χ0v) is 17.7. The minimum Gasteiger partial charge on any atom is -0.341 e. The molecule has 154 valence electrons. The Hall–Kier alpha value is -2.21. The van der Waals surface area contributed by atoms with E-state index in [0.29, 0.717) is 13.0 Å². The van der Waals surface area contributed by atoms with Gasteiger partial charge in [-0.15, -0.1) is 0 Å². The van der Waals surface area contributed by atoms with Crippen molar-refractivity contribution in [1.29, 1.82) is 0 Å². The third-order valence-corrected chi connectivity index (χ3v) is 5.80. The van der Waals surface area contributed by atoms with Gasteiger partial charge < -0.3 is 15.1 Å². The van der Waals surface area contributed by atoms with Crippen LogP contribution in [0, 0.1) is 0 Å². The van der Waals surface area contributed by atoms with E-state index in [1.807, 2.05) is 42.5 Å². The van der Waals surface area contributed by atoms with Gasteiger partial charge in [-0.25, -0.2) is 0 Å². The summed E-state index contributed by atoms with van der Waals surface area (Å²) in [4.78, 5) is 27.3. The highest BCUT2D eigenvalue weighted by Gasteiger charge is 2.26. The molecule has 1 aliphatic rings. The van der Waals surface area contributed by atoms with Crippen molar-refractivity contribution in [3.8, 4) is 0 Å². The molecule has 1 aliphatic heterocycles. The summed E-state index contributed by atoms with van der Waals surface area (Å²) in [6, 6.07) is 17.4. The Morgan fingerprint density at radius 1 is 0.931 bits per heavy atom. The number of carbonyl (C=O) groups is 2. The minimum atomic E-state index is -0.457. The van der Waals surface area contributed by atoms with E-state index < -0.39 is 6.04 Å².